The molecule has 1 heterocycles. The van der Waals surface area contributed by atoms with E-state index in [1.807, 2.05) is 42.5 Å². The first-order chi connectivity index (χ1) is 16.0. The topological polar surface area (TPSA) is 66.5 Å². The Bertz CT molecular complexity index is 1170. The molecule has 0 saturated carbocycles. The molecule has 1 fully saturated rings. The molecular formula is C27H30N2O3S. The Hall–Kier alpha value is -2.96. The maximum Gasteiger partial charge on any atom is 0.255 e. The van der Waals surface area contributed by atoms with E-state index in [0.717, 1.165) is 44.1 Å². The van der Waals surface area contributed by atoms with E-state index in [9.17, 15) is 13.2 Å². The lowest BCUT2D eigenvalue weighted by molar-refractivity contribution is 0.102. The third-order valence-corrected chi connectivity index (χ3v) is 8.02. The van der Waals surface area contributed by atoms with Crippen LogP contribution < -0.4 is 5.32 Å². The number of carbonyl (C=O) groups excluding carboxylic acids is 1. The molecule has 0 aromatic heterocycles. The summed E-state index contributed by atoms with van der Waals surface area (Å²) in [5.41, 5.74) is 3.43. The van der Waals surface area contributed by atoms with Gasteiger partial charge in [-0.2, -0.15) is 4.31 Å². The van der Waals surface area contributed by atoms with Crippen LogP contribution in [0.4, 0.5) is 5.69 Å². The number of nitrogens with one attached hydrogen (secondary N) is 1. The second-order valence-electron chi connectivity index (χ2n) is 8.44. The Morgan fingerprint density at radius 3 is 2.09 bits per heavy atom. The van der Waals surface area contributed by atoms with Crippen molar-refractivity contribution in [2.75, 3.05) is 18.4 Å². The molecule has 1 saturated heterocycles. The highest BCUT2D eigenvalue weighted by Crippen LogP contribution is 2.22. The fourth-order valence-electron chi connectivity index (χ4n) is 4.22. The summed E-state index contributed by atoms with van der Waals surface area (Å²) in [6, 6.07) is 24.3. The van der Waals surface area contributed by atoms with Crippen molar-refractivity contribution in [3.8, 4) is 0 Å². The zero-order chi connectivity index (χ0) is 23.1. The molecular weight excluding hydrogens is 432 g/mol. The minimum atomic E-state index is -3.50. The Balaban J connectivity index is 1.44. The number of rotatable bonds is 7. The van der Waals surface area contributed by atoms with Crippen LogP contribution >= 0.6 is 0 Å². The maximum absolute atomic E-state index is 13.0. The van der Waals surface area contributed by atoms with Crippen LogP contribution in [0.5, 0.6) is 0 Å². The first-order valence-corrected chi connectivity index (χ1v) is 13.0. The third-order valence-electron chi connectivity index (χ3n) is 6.10. The molecule has 3 aromatic carbocycles. The fraction of sp³-hybridized carbons (Fsp3) is 0.296. The molecule has 0 bridgehead atoms. The van der Waals surface area contributed by atoms with Crippen LogP contribution in [0.25, 0.3) is 0 Å². The van der Waals surface area contributed by atoms with Crippen molar-refractivity contribution in [1.82, 2.24) is 4.31 Å². The number of hydrogen-bond acceptors (Lipinski definition) is 3. The smallest absolute Gasteiger partial charge is 0.255 e. The van der Waals surface area contributed by atoms with Crippen molar-refractivity contribution in [3.05, 3.63) is 95.6 Å². The molecule has 0 unspecified atom stereocenters. The van der Waals surface area contributed by atoms with Gasteiger partial charge in [-0.1, -0.05) is 61.4 Å². The molecule has 1 amide bonds. The van der Waals surface area contributed by atoms with E-state index in [4.69, 9.17) is 0 Å². The number of aryl methyl sites for hydroxylation is 2. The first kappa shape index (κ1) is 23.2. The Labute approximate surface area is 196 Å². The number of hydrogen-bond donors (Lipinski definition) is 1. The Kier molecular flexibility index (Phi) is 7.57. The van der Waals surface area contributed by atoms with E-state index in [2.05, 4.69) is 17.4 Å². The minimum Gasteiger partial charge on any atom is -0.322 e. The Morgan fingerprint density at radius 2 is 1.39 bits per heavy atom. The van der Waals surface area contributed by atoms with Crippen molar-refractivity contribution in [1.29, 1.82) is 0 Å². The number of carbonyl (C=O) groups is 1. The molecule has 1 N–H and O–H groups in total. The highest BCUT2D eigenvalue weighted by molar-refractivity contribution is 7.89. The highest BCUT2D eigenvalue weighted by atomic mass is 32.2. The largest absolute Gasteiger partial charge is 0.322 e. The van der Waals surface area contributed by atoms with Gasteiger partial charge < -0.3 is 5.32 Å². The normalized spacial score (nSPS) is 15.0. The molecule has 1 aliphatic rings. The molecule has 1 aliphatic heterocycles. The van der Waals surface area contributed by atoms with E-state index < -0.39 is 10.0 Å². The SMILES string of the molecule is O=C(Nc1ccc(S(=O)(=O)N2CCCCCC2)cc1)c1ccccc1CCc1ccccc1. The van der Waals surface area contributed by atoms with Crippen LogP contribution in [0, 0.1) is 0 Å². The van der Waals surface area contributed by atoms with Gasteiger partial charge in [-0.25, -0.2) is 8.42 Å². The quantitative estimate of drug-likeness (QED) is 0.519. The molecule has 4 rings (SSSR count). The van der Waals surface area contributed by atoms with Crippen molar-refractivity contribution >= 4 is 21.6 Å². The predicted molar refractivity (Wildman–Crippen MR) is 132 cm³/mol. The highest BCUT2D eigenvalue weighted by Gasteiger charge is 2.25. The lowest BCUT2D eigenvalue weighted by Gasteiger charge is -2.20. The van der Waals surface area contributed by atoms with Crippen LogP contribution in [-0.4, -0.2) is 31.7 Å². The van der Waals surface area contributed by atoms with Crippen molar-refractivity contribution in [2.24, 2.45) is 0 Å². The summed E-state index contributed by atoms with van der Waals surface area (Å²) in [7, 11) is -3.50. The maximum atomic E-state index is 13.0. The molecule has 3 aromatic rings. The standard InChI is InChI=1S/C27H30N2O3S/c30-27(26-13-7-6-12-23(26)15-14-22-10-4-3-5-11-22)28-24-16-18-25(19-17-24)33(31,32)29-20-8-1-2-9-21-29/h3-7,10-13,16-19H,1-2,8-9,14-15,20-21H2,(H,28,30). The van der Waals surface area contributed by atoms with Crippen molar-refractivity contribution in [2.45, 2.75) is 43.4 Å². The summed E-state index contributed by atoms with van der Waals surface area (Å²) < 4.78 is 27.5. The van der Waals surface area contributed by atoms with Gasteiger partial charge in [0.1, 0.15) is 0 Å². The minimum absolute atomic E-state index is 0.193. The monoisotopic (exact) mass is 462 g/mol. The van der Waals surface area contributed by atoms with Gasteiger partial charge in [0.2, 0.25) is 10.0 Å². The van der Waals surface area contributed by atoms with Gasteiger partial charge in [0.05, 0.1) is 4.90 Å². The first-order valence-electron chi connectivity index (χ1n) is 11.6. The number of sulfonamides is 1. The molecule has 5 nitrogen and oxygen atoms in total. The van der Waals surface area contributed by atoms with Crippen LogP contribution in [0.2, 0.25) is 0 Å². The number of benzene rings is 3. The average Bonchev–Trinajstić information content (AvgIpc) is 3.14. The molecule has 33 heavy (non-hydrogen) atoms. The van der Waals surface area contributed by atoms with E-state index in [1.54, 1.807) is 28.6 Å². The van der Waals surface area contributed by atoms with Crippen molar-refractivity contribution in [3.63, 3.8) is 0 Å². The fourth-order valence-corrected chi connectivity index (χ4v) is 5.74. The van der Waals surface area contributed by atoms with E-state index in [0.29, 0.717) is 24.3 Å². The number of amides is 1. The van der Waals surface area contributed by atoms with Gasteiger partial charge in [0, 0.05) is 24.3 Å². The van der Waals surface area contributed by atoms with Gasteiger partial charge in [0.25, 0.3) is 5.91 Å². The number of anilines is 1. The van der Waals surface area contributed by atoms with E-state index >= 15 is 0 Å². The summed E-state index contributed by atoms with van der Waals surface area (Å²) in [6.45, 7) is 1.14. The average molecular weight is 463 g/mol. The van der Waals surface area contributed by atoms with Crippen LogP contribution in [0.15, 0.2) is 83.8 Å². The second kappa shape index (κ2) is 10.8. The molecule has 0 spiro atoms. The molecule has 6 heteroatoms. The van der Waals surface area contributed by atoms with Gasteiger partial charge in [-0.05, 0) is 67.1 Å². The van der Waals surface area contributed by atoms with Crippen LogP contribution in [-0.2, 0) is 22.9 Å². The predicted octanol–water partition coefficient (Wildman–Crippen LogP) is 5.29. The lowest BCUT2D eigenvalue weighted by Crippen LogP contribution is -2.31. The molecule has 0 atom stereocenters. The summed E-state index contributed by atoms with van der Waals surface area (Å²) in [6.07, 6.45) is 5.57. The Morgan fingerprint density at radius 1 is 0.758 bits per heavy atom. The van der Waals surface area contributed by atoms with E-state index in [-0.39, 0.29) is 10.8 Å². The van der Waals surface area contributed by atoms with Crippen LogP contribution in [0.3, 0.4) is 0 Å². The summed E-state index contributed by atoms with van der Waals surface area (Å²) in [5.74, 6) is -0.193. The third kappa shape index (κ3) is 5.89. The second-order valence-corrected chi connectivity index (χ2v) is 10.4. The molecule has 0 radical (unpaired) electrons. The zero-order valence-electron chi connectivity index (χ0n) is 18.7. The van der Waals surface area contributed by atoms with Gasteiger partial charge in [-0.3, -0.25) is 4.79 Å². The number of nitrogens with zero attached hydrogens (tertiary/aromatic N) is 1. The summed E-state index contributed by atoms with van der Waals surface area (Å²) >= 11 is 0. The van der Waals surface area contributed by atoms with Gasteiger partial charge >= 0.3 is 0 Å². The molecule has 0 aliphatic carbocycles. The van der Waals surface area contributed by atoms with Crippen molar-refractivity contribution < 1.29 is 13.2 Å². The van der Waals surface area contributed by atoms with Crippen LogP contribution in [0.1, 0.15) is 47.2 Å². The van der Waals surface area contributed by atoms with Gasteiger partial charge in [0.15, 0.2) is 0 Å². The lowest BCUT2D eigenvalue weighted by atomic mass is 9.99. The summed E-state index contributed by atoms with van der Waals surface area (Å²) in [5, 5.41) is 2.92. The molecule has 172 valence electrons. The van der Waals surface area contributed by atoms with Gasteiger partial charge in [-0.15, -0.1) is 0 Å². The summed E-state index contributed by atoms with van der Waals surface area (Å²) in [4.78, 5) is 13.2. The zero-order valence-corrected chi connectivity index (χ0v) is 19.6. The van der Waals surface area contributed by atoms with E-state index in [1.165, 1.54) is 5.56 Å².